The van der Waals surface area contributed by atoms with E-state index in [2.05, 4.69) is 10.6 Å². The summed E-state index contributed by atoms with van der Waals surface area (Å²) in [6.07, 6.45) is 1.13. The van der Waals surface area contributed by atoms with Gasteiger partial charge in [0.25, 0.3) is 0 Å². The van der Waals surface area contributed by atoms with Crippen LogP contribution in [0.1, 0.15) is 17.5 Å². The van der Waals surface area contributed by atoms with Crippen molar-refractivity contribution in [2.24, 2.45) is 0 Å². The molecule has 3 aromatic rings. The smallest absolute Gasteiger partial charge is 0.220 e. The van der Waals surface area contributed by atoms with Crippen molar-refractivity contribution in [2.45, 2.75) is 19.4 Å². The monoisotopic (exact) mass is 442 g/mol. The molecule has 0 saturated carbocycles. The lowest BCUT2D eigenvalue weighted by molar-refractivity contribution is -0.120. The first kappa shape index (κ1) is 22.0. The number of carbonyl (C=O) groups is 1. The van der Waals surface area contributed by atoms with Gasteiger partial charge in [0.2, 0.25) is 5.91 Å². The Balaban J connectivity index is 1.32. The van der Waals surface area contributed by atoms with E-state index in [1.807, 2.05) is 60.7 Å². The second kappa shape index (κ2) is 11.5. The molecule has 4 nitrogen and oxygen atoms in total. The normalized spacial score (nSPS) is 10.5. The maximum absolute atomic E-state index is 12.1. The SMILES string of the molecule is O=C(CCc1ccc(OCc2ccccc2)cc1)NCCNc1ccc(Cl)c(Cl)c1. The second-order valence-corrected chi connectivity index (χ2v) is 7.64. The second-order valence-electron chi connectivity index (χ2n) is 6.82. The third-order valence-electron chi connectivity index (χ3n) is 4.51. The van der Waals surface area contributed by atoms with Gasteiger partial charge in [-0.15, -0.1) is 0 Å². The summed E-state index contributed by atoms with van der Waals surface area (Å²) in [5.74, 6) is 0.843. The highest BCUT2D eigenvalue weighted by molar-refractivity contribution is 6.42. The molecule has 0 aliphatic rings. The molecule has 0 fully saturated rings. The summed E-state index contributed by atoms with van der Waals surface area (Å²) in [6, 6.07) is 23.3. The Bertz CT molecular complexity index is 947. The standard InChI is InChI=1S/C24H24Cl2N2O2/c25-22-12-9-20(16-23(22)26)27-14-15-28-24(29)13-8-18-6-10-21(11-7-18)30-17-19-4-2-1-3-5-19/h1-7,9-12,16,27H,8,13-15,17H2,(H,28,29). The number of anilines is 1. The summed E-state index contributed by atoms with van der Waals surface area (Å²) in [6.45, 7) is 1.68. The molecular formula is C24H24Cl2N2O2. The molecule has 3 rings (SSSR count). The van der Waals surface area contributed by atoms with E-state index in [1.54, 1.807) is 12.1 Å². The quantitative estimate of drug-likeness (QED) is 0.394. The molecular weight excluding hydrogens is 419 g/mol. The topological polar surface area (TPSA) is 50.4 Å². The average Bonchev–Trinajstić information content (AvgIpc) is 2.77. The molecule has 156 valence electrons. The van der Waals surface area contributed by atoms with E-state index in [-0.39, 0.29) is 5.91 Å². The van der Waals surface area contributed by atoms with Crippen LogP contribution < -0.4 is 15.4 Å². The first-order valence-electron chi connectivity index (χ1n) is 9.81. The largest absolute Gasteiger partial charge is 0.489 e. The molecule has 0 aliphatic heterocycles. The highest BCUT2D eigenvalue weighted by Crippen LogP contribution is 2.24. The molecule has 0 aliphatic carbocycles. The van der Waals surface area contributed by atoms with Gasteiger partial charge in [-0.05, 0) is 47.9 Å². The Labute approximate surface area is 187 Å². The molecule has 0 radical (unpaired) electrons. The number of carbonyl (C=O) groups excluding carboxylic acids is 1. The van der Waals surface area contributed by atoms with E-state index < -0.39 is 0 Å². The molecule has 0 saturated heterocycles. The van der Waals surface area contributed by atoms with Crippen molar-refractivity contribution < 1.29 is 9.53 Å². The van der Waals surface area contributed by atoms with Gasteiger partial charge in [0.1, 0.15) is 12.4 Å². The van der Waals surface area contributed by atoms with Crippen molar-refractivity contribution in [2.75, 3.05) is 18.4 Å². The van der Waals surface area contributed by atoms with Gasteiger partial charge in [0, 0.05) is 25.2 Å². The van der Waals surface area contributed by atoms with Crippen LogP contribution in [0.25, 0.3) is 0 Å². The van der Waals surface area contributed by atoms with Crippen LogP contribution in [0.5, 0.6) is 5.75 Å². The lowest BCUT2D eigenvalue weighted by Crippen LogP contribution is -2.28. The fourth-order valence-corrected chi connectivity index (χ4v) is 3.15. The minimum absolute atomic E-state index is 0.0235. The fraction of sp³-hybridized carbons (Fsp3) is 0.208. The molecule has 1 amide bonds. The zero-order valence-corrected chi connectivity index (χ0v) is 18.0. The van der Waals surface area contributed by atoms with Crippen LogP contribution in [0.3, 0.4) is 0 Å². The van der Waals surface area contributed by atoms with Crippen molar-refractivity contribution in [3.05, 3.63) is 94.0 Å². The van der Waals surface area contributed by atoms with Gasteiger partial charge in [-0.3, -0.25) is 4.79 Å². The van der Waals surface area contributed by atoms with Crippen molar-refractivity contribution in [3.8, 4) is 5.75 Å². The number of nitrogens with one attached hydrogen (secondary N) is 2. The lowest BCUT2D eigenvalue weighted by Gasteiger charge is -2.09. The molecule has 3 aromatic carbocycles. The number of aryl methyl sites for hydroxylation is 1. The van der Waals surface area contributed by atoms with Crippen molar-refractivity contribution in [1.82, 2.24) is 5.32 Å². The third-order valence-corrected chi connectivity index (χ3v) is 5.25. The summed E-state index contributed by atoms with van der Waals surface area (Å²) in [5, 5.41) is 7.14. The minimum atomic E-state index is 0.0235. The number of hydrogen-bond acceptors (Lipinski definition) is 3. The van der Waals surface area contributed by atoms with E-state index in [4.69, 9.17) is 27.9 Å². The summed E-state index contributed by atoms with van der Waals surface area (Å²) < 4.78 is 5.79. The van der Waals surface area contributed by atoms with Crippen molar-refractivity contribution >= 4 is 34.8 Å². The Morgan fingerprint density at radius 3 is 2.33 bits per heavy atom. The van der Waals surface area contributed by atoms with Crippen LogP contribution in [-0.4, -0.2) is 19.0 Å². The molecule has 0 bridgehead atoms. The summed E-state index contributed by atoms with van der Waals surface area (Å²) in [5.41, 5.74) is 3.10. The minimum Gasteiger partial charge on any atom is -0.489 e. The fourth-order valence-electron chi connectivity index (χ4n) is 2.85. The zero-order valence-electron chi connectivity index (χ0n) is 16.5. The average molecular weight is 443 g/mol. The van der Waals surface area contributed by atoms with E-state index in [9.17, 15) is 4.79 Å². The molecule has 0 unspecified atom stereocenters. The zero-order chi connectivity index (χ0) is 21.2. The Morgan fingerprint density at radius 1 is 0.833 bits per heavy atom. The predicted octanol–water partition coefficient (Wildman–Crippen LogP) is 5.73. The van der Waals surface area contributed by atoms with Gasteiger partial charge in [0.15, 0.2) is 0 Å². The summed E-state index contributed by atoms with van der Waals surface area (Å²) in [4.78, 5) is 12.1. The van der Waals surface area contributed by atoms with Gasteiger partial charge in [0.05, 0.1) is 10.0 Å². The van der Waals surface area contributed by atoms with Crippen molar-refractivity contribution in [3.63, 3.8) is 0 Å². The maximum atomic E-state index is 12.1. The van der Waals surface area contributed by atoms with Crippen molar-refractivity contribution in [1.29, 1.82) is 0 Å². The molecule has 0 atom stereocenters. The number of ether oxygens (including phenoxy) is 1. The van der Waals surface area contributed by atoms with Gasteiger partial charge < -0.3 is 15.4 Å². The summed E-state index contributed by atoms with van der Waals surface area (Å²) >= 11 is 11.9. The number of rotatable bonds is 10. The maximum Gasteiger partial charge on any atom is 0.220 e. The van der Waals surface area contributed by atoms with Gasteiger partial charge in [-0.2, -0.15) is 0 Å². The van der Waals surface area contributed by atoms with E-state index in [1.165, 1.54) is 0 Å². The number of benzene rings is 3. The molecule has 0 aromatic heterocycles. The van der Waals surface area contributed by atoms with Crippen LogP contribution in [0.15, 0.2) is 72.8 Å². The van der Waals surface area contributed by atoms with Crippen LogP contribution in [-0.2, 0) is 17.8 Å². The lowest BCUT2D eigenvalue weighted by atomic mass is 10.1. The molecule has 2 N–H and O–H groups in total. The number of halogens is 2. The predicted molar refractivity (Wildman–Crippen MR) is 123 cm³/mol. The highest BCUT2D eigenvalue weighted by Gasteiger charge is 2.04. The number of hydrogen-bond donors (Lipinski definition) is 2. The molecule has 30 heavy (non-hydrogen) atoms. The summed E-state index contributed by atoms with van der Waals surface area (Å²) in [7, 11) is 0. The van der Waals surface area contributed by atoms with E-state index in [0.717, 1.165) is 22.6 Å². The third kappa shape index (κ3) is 7.29. The van der Waals surface area contributed by atoms with Crippen LogP contribution in [0.4, 0.5) is 5.69 Å². The number of amides is 1. The first-order chi connectivity index (χ1) is 14.6. The first-order valence-corrected chi connectivity index (χ1v) is 10.6. The Morgan fingerprint density at radius 2 is 1.60 bits per heavy atom. The van der Waals surface area contributed by atoms with E-state index >= 15 is 0 Å². The van der Waals surface area contributed by atoms with Crippen LogP contribution in [0.2, 0.25) is 10.0 Å². The van der Waals surface area contributed by atoms with Gasteiger partial charge in [-0.25, -0.2) is 0 Å². The Hall–Kier alpha value is -2.69. The molecule has 6 heteroatoms. The highest BCUT2D eigenvalue weighted by atomic mass is 35.5. The van der Waals surface area contributed by atoms with Crippen LogP contribution >= 0.6 is 23.2 Å². The van der Waals surface area contributed by atoms with Crippen LogP contribution in [0, 0.1) is 0 Å². The van der Waals surface area contributed by atoms with Gasteiger partial charge in [-0.1, -0.05) is 65.7 Å². The molecule has 0 spiro atoms. The van der Waals surface area contributed by atoms with Gasteiger partial charge >= 0.3 is 0 Å². The van der Waals surface area contributed by atoms with E-state index in [0.29, 0.717) is 42.6 Å². The molecule has 0 heterocycles. The Kier molecular flexibility index (Phi) is 8.42.